The first-order chi connectivity index (χ1) is 27.5. The predicted molar refractivity (Wildman–Crippen MR) is 263 cm³/mol. The molecular weight excluding hydrogens is 753 g/mol. The van der Waals surface area contributed by atoms with Gasteiger partial charge in [-0.25, -0.2) is 0 Å². The third-order valence-electron chi connectivity index (χ3n) is 7.43. The third-order valence-corrected chi connectivity index (χ3v) is 10.8. The van der Waals surface area contributed by atoms with Gasteiger partial charge in [0.2, 0.25) is 0 Å². The van der Waals surface area contributed by atoms with Crippen LogP contribution in [0, 0.1) is 27.7 Å². The summed E-state index contributed by atoms with van der Waals surface area (Å²) in [5.41, 5.74) is 10.6. The molecule has 0 amide bonds. The summed E-state index contributed by atoms with van der Waals surface area (Å²) in [4.78, 5) is 5.53. The van der Waals surface area contributed by atoms with Gasteiger partial charge in [0.05, 0.1) is 0 Å². The molecule has 0 N–H and O–H groups in total. The van der Waals surface area contributed by atoms with Crippen LogP contribution in [0.5, 0.6) is 0 Å². The highest BCUT2D eigenvalue weighted by atomic mass is 32.1. The van der Waals surface area contributed by atoms with Crippen LogP contribution in [0.4, 0.5) is 0 Å². The van der Waals surface area contributed by atoms with Crippen molar-refractivity contribution in [2.45, 2.75) is 83.1 Å². The van der Waals surface area contributed by atoms with Gasteiger partial charge in [0.25, 0.3) is 0 Å². The number of benzene rings is 4. The minimum absolute atomic E-state index is 1.30. The van der Waals surface area contributed by atoms with Gasteiger partial charge in [0.15, 0.2) is 0 Å². The Bertz CT molecular complexity index is 1960. The van der Waals surface area contributed by atoms with Crippen LogP contribution in [0.3, 0.4) is 0 Å². The monoisotopic (exact) mass is 816 g/mol. The van der Waals surface area contributed by atoms with Crippen molar-refractivity contribution in [1.82, 2.24) is 0 Å². The van der Waals surface area contributed by atoms with E-state index in [2.05, 4.69) is 177 Å². The molecule has 8 rings (SSSR count). The topological polar surface area (TPSA) is 0 Å². The average Bonchev–Trinajstić information content (AvgIpc) is 4.12. The van der Waals surface area contributed by atoms with Crippen molar-refractivity contribution in [3.05, 3.63) is 187 Å². The van der Waals surface area contributed by atoms with Crippen molar-refractivity contribution in [2.24, 2.45) is 0 Å². The Morgan fingerprint density at radius 2 is 0.679 bits per heavy atom. The normalized spacial score (nSPS) is 9.07. The quantitative estimate of drug-likeness (QED) is 0.166. The van der Waals surface area contributed by atoms with E-state index in [9.17, 15) is 0 Å². The molecule has 4 aromatic carbocycles. The summed E-state index contributed by atoms with van der Waals surface area (Å²) in [6.45, 7) is 24.6. The maximum absolute atomic E-state index is 2.26. The molecule has 4 heterocycles. The maximum Gasteiger partial charge on any atom is 0.00954 e. The largest absolute Gasteiger partial charge is 0.152 e. The molecule has 0 unspecified atom stereocenters. The van der Waals surface area contributed by atoms with E-state index in [0.29, 0.717) is 0 Å². The van der Waals surface area contributed by atoms with Crippen molar-refractivity contribution in [2.75, 3.05) is 0 Å². The zero-order valence-corrected chi connectivity index (χ0v) is 39.1. The Kier molecular flexibility index (Phi) is 27.4. The van der Waals surface area contributed by atoms with Gasteiger partial charge in [0.1, 0.15) is 0 Å². The van der Waals surface area contributed by atoms with Gasteiger partial charge in [-0.05, 0) is 118 Å². The molecule has 0 aliphatic heterocycles. The summed E-state index contributed by atoms with van der Waals surface area (Å²) in [7, 11) is 0. The highest BCUT2D eigenvalue weighted by molar-refractivity contribution is 7.12. The fourth-order valence-electron chi connectivity index (χ4n) is 5.05. The standard InChI is InChI=1S/C12H12S.2C11H10S.C10H8S.4C2H6/c1-9-8-12(10(2)13-9)11-6-4-3-5-7-11;2*1-9-7-11(8-12-9)10-5-3-2-4-6-10;1-2-4-9(5-3-1)10-6-7-11-8-10;4*1-2/h3-8H,1-2H3;2*2-8H,1H3;1-8H;4*1-2H3. The smallest absolute Gasteiger partial charge is 0.00954 e. The summed E-state index contributed by atoms with van der Waals surface area (Å²) in [6, 6.07) is 50.7. The Hall–Kier alpha value is -4.32. The Labute approximate surface area is 357 Å². The molecule has 0 saturated heterocycles. The fourth-order valence-corrected chi connectivity index (χ4v) is 8.08. The van der Waals surface area contributed by atoms with Gasteiger partial charge in [-0.2, -0.15) is 11.3 Å². The second-order valence-corrected chi connectivity index (χ2v) is 15.7. The molecule has 4 heteroatoms. The molecule has 0 nitrogen and oxygen atoms in total. The fraction of sp³-hybridized carbons (Fsp3) is 0.231. The van der Waals surface area contributed by atoms with E-state index in [1.165, 1.54) is 64.0 Å². The van der Waals surface area contributed by atoms with Gasteiger partial charge >= 0.3 is 0 Å². The molecule has 0 aliphatic rings. The molecule has 0 aliphatic carbocycles. The van der Waals surface area contributed by atoms with Crippen LogP contribution in [0.2, 0.25) is 0 Å². The molecule has 0 radical (unpaired) electrons. The van der Waals surface area contributed by atoms with Crippen LogP contribution >= 0.6 is 45.3 Å². The number of hydrogen-bond acceptors (Lipinski definition) is 4. The minimum Gasteiger partial charge on any atom is -0.152 e. The van der Waals surface area contributed by atoms with Gasteiger partial charge in [-0.15, -0.1) is 34.0 Å². The summed E-state index contributed by atoms with van der Waals surface area (Å²) < 4.78 is 0. The highest BCUT2D eigenvalue weighted by Crippen LogP contribution is 2.30. The molecule has 0 atom stereocenters. The second kappa shape index (κ2) is 30.8. The van der Waals surface area contributed by atoms with Crippen LogP contribution in [-0.2, 0) is 0 Å². The summed E-state index contributed by atoms with van der Waals surface area (Å²) in [5, 5.41) is 8.66. The first-order valence-corrected chi connectivity index (χ1v) is 23.4. The van der Waals surface area contributed by atoms with E-state index in [4.69, 9.17) is 0 Å². The third kappa shape index (κ3) is 18.1. The minimum atomic E-state index is 1.30. The van der Waals surface area contributed by atoms with Gasteiger partial charge in [-0.1, -0.05) is 177 Å². The average molecular weight is 817 g/mol. The first kappa shape index (κ1) is 49.7. The van der Waals surface area contributed by atoms with Crippen molar-refractivity contribution in [3.8, 4) is 44.5 Å². The number of thiophene rings is 4. The van der Waals surface area contributed by atoms with Gasteiger partial charge in [-0.3, -0.25) is 0 Å². The zero-order valence-electron chi connectivity index (χ0n) is 35.8. The number of rotatable bonds is 4. The van der Waals surface area contributed by atoms with E-state index >= 15 is 0 Å². The molecular formula is C52H64S4. The molecule has 8 aromatic rings. The van der Waals surface area contributed by atoms with E-state index in [1.807, 2.05) is 84.9 Å². The van der Waals surface area contributed by atoms with E-state index in [0.717, 1.165) is 0 Å². The Balaban J connectivity index is 0.000000352. The zero-order chi connectivity index (χ0) is 41.6. The number of aryl methyl sites for hydroxylation is 4. The van der Waals surface area contributed by atoms with Crippen LogP contribution in [0.25, 0.3) is 44.5 Å². The molecule has 4 aromatic heterocycles. The van der Waals surface area contributed by atoms with Crippen LogP contribution < -0.4 is 0 Å². The SMILES string of the molecule is CC.CC.CC.CC.Cc1cc(-c2ccccc2)c(C)s1.Cc1cc(-c2ccccc2)cs1.Cc1cc(-c2ccccc2)cs1.c1ccc(-c2ccsc2)cc1. The van der Waals surface area contributed by atoms with Crippen molar-refractivity contribution in [1.29, 1.82) is 0 Å². The summed E-state index contributed by atoms with van der Waals surface area (Å²) in [5.74, 6) is 0. The van der Waals surface area contributed by atoms with Gasteiger partial charge < -0.3 is 0 Å². The molecule has 0 fully saturated rings. The van der Waals surface area contributed by atoms with Crippen LogP contribution in [0.1, 0.15) is 74.9 Å². The molecule has 0 saturated carbocycles. The highest BCUT2D eigenvalue weighted by Gasteiger charge is 2.04. The first-order valence-electron chi connectivity index (χ1n) is 19.9. The van der Waals surface area contributed by atoms with Gasteiger partial charge in [0, 0.05) is 19.5 Å². The van der Waals surface area contributed by atoms with Crippen molar-refractivity contribution >= 4 is 45.3 Å². The Morgan fingerprint density at radius 3 is 0.964 bits per heavy atom. The summed E-state index contributed by atoms with van der Waals surface area (Å²) >= 11 is 7.20. The van der Waals surface area contributed by atoms with Crippen molar-refractivity contribution < 1.29 is 0 Å². The van der Waals surface area contributed by atoms with Crippen LogP contribution in [0.15, 0.2) is 167 Å². The van der Waals surface area contributed by atoms with E-state index < -0.39 is 0 Å². The molecule has 0 bridgehead atoms. The lowest BCUT2D eigenvalue weighted by Gasteiger charge is -1.97. The predicted octanol–water partition coefficient (Wildman–Crippen LogP) is 19.0. The molecule has 296 valence electrons. The Morgan fingerprint density at radius 1 is 0.321 bits per heavy atom. The lowest BCUT2D eigenvalue weighted by atomic mass is 10.1. The lowest BCUT2D eigenvalue weighted by molar-refractivity contribution is 1.50. The molecule has 0 spiro atoms. The molecule has 56 heavy (non-hydrogen) atoms. The lowest BCUT2D eigenvalue weighted by Crippen LogP contribution is -1.74. The maximum atomic E-state index is 2.26. The van der Waals surface area contributed by atoms with Crippen molar-refractivity contribution in [3.63, 3.8) is 0 Å². The second-order valence-electron chi connectivity index (χ2n) is 11.2. The van der Waals surface area contributed by atoms with Crippen LogP contribution in [-0.4, -0.2) is 0 Å². The van der Waals surface area contributed by atoms with E-state index in [1.54, 1.807) is 34.0 Å². The van der Waals surface area contributed by atoms with E-state index in [-0.39, 0.29) is 0 Å². The summed E-state index contributed by atoms with van der Waals surface area (Å²) in [6.07, 6.45) is 0. The number of hydrogen-bond donors (Lipinski definition) is 0.